The molecular weight excluding hydrogens is 280 g/mol. The molecule has 22 heavy (non-hydrogen) atoms. The molecule has 6 nitrogen and oxygen atoms in total. The van der Waals surface area contributed by atoms with Crippen molar-refractivity contribution >= 4 is 5.91 Å². The van der Waals surface area contributed by atoms with Gasteiger partial charge in [-0.05, 0) is 23.8 Å². The van der Waals surface area contributed by atoms with Crippen molar-refractivity contribution in [2.45, 2.75) is 19.2 Å². The molecule has 1 fully saturated rings. The number of aromatic nitrogens is 2. The van der Waals surface area contributed by atoms with Crippen LogP contribution in [0, 0.1) is 0 Å². The van der Waals surface area contributed by atoms with E-state index >= 15 is 0 Å². The van der Waals surface area contributed by atoms with Crippen LogP contribution >= 0.6 is 0 Å². The second-order valence-corrected chi connectivity index (χ2v) is 5.37. The Morgan fingerprint density at radius 2 is 2.18 bits per heavy atom. The summed E-state index contributed by atoms with van der Waals surface area (Å²) in [6.07, 6.45) is 3.61. The molecule has 2 aromatic rings. The quantitative estimate of drug-likeness (QED) is 0.910. The van der Waals surface area contributed by atoms with E-state index in [4.69, 9.17) is 10.5 Å². The van der Waals surface area contributed by atoms with Crippen molar-refractivity contribution < 1.29 is 9.53 Å². The Balaban J connectivity index is 1.64. The molecule has 0 radical (unpaired) electrons. The van der Waals surface area contributed by atoms with E-state index in [1.165, 1.54) is 0 Å². The van der Waals surface area contributed by atoms with Crippen LogP contribution in [0.1, 0.15) is 15.9 Å². The number of carbonyl (C=O) groups is 1. The molecule has 1 unspecified atom stereocenters. The number of nitrogens with zero attached hydrogens (tertiary/aromatic N) is 3. The van der Waals surface area contributed by atoms with Crippen molar-refractivity contribution in [1.29, 1.82) is 0 Å². The van der Waals surface area contributed by atoms with E-state index in [-0.39, 0.29) is 12.0 Å². The Morgan fingerprint density at radius 3 is 2.86 bits per heavy atom. The SMILES string of the molecule is NCc1ccc(C(=O)N2CCOC(Cn3cccn3)C2)cc1. The molecular formula is C16H20N4O2. The van der Waals surface area contributed by atoms with Crippen LogP contribution < -0.4 is 5.73 Å². The van der Waals surface area contributed by atoms with Gasteiger partial charge in [-0.2, -0.15) is 5.10 Å². The highest BCUT2D eigenvalue weighted by Crippen LogP contribution is 2.13. The molecule has 0 bridgehead atoms. The largest absolute Gasteiger partial charge is 0.373 e. The van der Waals surface area contributed by atoms with Crippen LogP contribution in [0.15, 0.2) is 42.7 Å². The second-order valence-electron chi connectivity index (χ2n) is 5.37. The van der Waals surface area contributed by atoms with Crippen LogP contribution in [-0.4, -0.2) is 46.4 Å². The highest BCUT2D eigenvalue weighted by atomic mass is 16.5. The molecule has 116 valence electrons. The fourth-order valence-electron chi connectivity index (χ4n) is 2.60. The fraction of sp³-hybridized carbons (Fsp3) is 0.375. The van der Waals surface area contributed by atoms with Gasteiger partial charge in [0.1, 0.15) is 0 Å². The van der Waals surface area contributed by atoms with Gasteiger partial charge in [-0.1, -0.05) is 12.1 Å². The van der Waals surface area contributed by atoms with Gasteiger partial charge in [0.25, 0.3) is 5.91 Å². The van der Waals surface area contributed by atoms with Gasteiger partial charge in [0.2, 0.25) is 0 Å². The summed E-state index contributed by atoms with van der Waals surface area (Å²) >= 11 is 0. The molecule has 0 saturated carbocycles. The number of nitrogens with two attached hydrogens (primary N) is 1. The van der Waals surface area contributed by atoms with Crippen LogP contribution in [-0.2, 0) is 17.8 Å². The third kappa shape index (κ3) is 3.35. The number of morpholine rings is 1. The Morgan fingerprint density at radius 1 is 1.36 bits per heavy atom. The van der Waals surface area contributed by atoms with E-state index in [0.29, 0.717) is 38.3 Å². The number of carbonyl (C=O) groups excluding carboxylic acids is 1. The number of benzene rings is 1. The maximum atomic E-state index is 12.6. The molecule has 0 spiro atoms. The molecule has 6 heteroatoms. The lowest BCUT2D eigenvalue weighted by atomic mass is 10.1. The molecule has 1 aliphatic heterocycles. The van der Waals surface area contributed by atoms with Crippen LogP contribution in [0.25, 0.3) is 0 Å². The molecule has 1 aromatic heterocycles. The smallest absolute Gasteiger partial charge is 0.254 e. The Hall–Kier alpha value is -2.18. The highest BCUT2D eigenvalue weighted by Gasteiger charge is 2.25. The zero-order valence-electron chi connectivity index (χ0n) is 12.4. The van der Waals surface area contributed by atoms with Gasteiger partial charge in [0.15, 0.2) is 0 Å². The first kappa shape index (κ1) is 14.7. The summed E-state index contributed by atoms with van der Waals surface area (Å²) in [6.45, 7) is 2.89. The van der Waals surface area contributed by atoms with Crippen molar-refractivity contribution in [2.24, 2.45) is 5.73 Å². The Labute approximate surface area is 129 Å². The monoisotopic (exact) mass is 300 g/mol. The van der Waals surface area contributed by atoms with E-state index in [0.717, 1.165) is 5.56 Å². The highest BCUT2D eigenvalue weighted by molar-refractivity contribution is 5.94. The van der Waals surface area contributed by atoms with Crippen molar-refractivity contribution in [1.82, 2.24) is 14.7 Å². The molecule has 1 aliphatic rings. The van der Waals surface area contributed by atoms with Gasteiger partial charge in [0.05, 0.1) is 19.3 Å². The summed E-state index contributed by atoms with van der Waals surface area (Å²) in [5, 5.41) is 4.18. The summed E-state index contributed by atoms with van der Waals surface area (Å²) < 4.78 is 7.56. The van der Waals surface area contributed by atoms with Crippen molar-refractivity contribution in [3.8, 4) is 0 Å². The van der Waals surface area contributed by atoms with E-state index in [1.54, 1.807) is 6.20 Å². The van der Waals surface area contributed by atoms with Gasteiger partial charge < -0.3 is 15.4 Å². The van der Waals surface area contributed by atoms with Crippen LogP contribution in [0.2, 0.25) is 0 Å². The molecule has 1 atom stereocenters. The molecule has 1 saturated heterocycles. The fourth-order valence-corrected chi connectivity index (χ4v) is 2.60. The average molecular weight is 300 g/mol. The molecule has 1 amide bonds. The van der Waals surface area contributed by atoms with Crippen molar-refractivity contribution in [2.75, 3.05) is 19.7 Å². The van der Waals surface area contributed by atoms with E-state index in [1.807, 2.05) is 46.1 Å². The molecule has 1 aromatic carbocycles. The lowest BCUT2D eigenvalue weighted by molar-refractivity contribution is -0.0299. The summed E-state index contributed by atoms with van der Waals surface area (Å²) in [6, 6.07) is 9.35. The van der Waals surface area contributed by atoms with Crippen molar-refractivity contribution in [3.05, 3.63) is 53.9 Å². The van der Waals surface area contributed by atoms with Gasteiger partial charge >= 0.3 is 0 Å². The summed E-state index contributed by atoms with van der Waals surface area (Å²) in [4.78, 5) is 14.4. The Bertz CT molecular complexity index is 610. The zero-order chi connectivity index (χ0) is 15.4. The third-order valence-corrected chi connectivity index (χ3v) is 3.81. The number of amides is 1. The lowest BCUT2D eigenvalue weighted by Crippen LogP contribution is -2.47. The van der Waals surface area contributed by atoms with Gasteiger partial charge in [-0.3, -0.25) is 9.48 Å². The predicted molar refractivity (Wildman–Crippen MR) is 82.2 cm³/mol. The summed E-state index contributed by atoms with van der Waals surface area (Å²) in [5.41, 5.74) is 7.30. The lowest BCUT2D eigenvalue weighted by Gasteiger charge is -2.33. The minimum absolute atomic E-state index is 0.0269. The van der Waals surface area contributed by atoms with Gasteiger partial charge in [0, 0.05) is 37.6 Å². The summed E-state index contributed by atoms with van der Waals surface area (Å²) in [5.74, 6) is 0.0392. The third-order valence-electron chi connectivity index (χ3n) is 3.81. The Kier molecular flexibility index (Phi) is 4.50. The number of rotatable bonds is 4. The van der Waals surface area contributed by atoms with Gasteiger partial charge in [-0.15, -0.1) is 0 Å². The van der Waals surface area contributed by atoms with Crippen molar-refractivity contribution in [3.63, 3.8) is 0 Å². The first-order valence-electron chi connectivity index (χ1n) is 7.43. The standard InChI is InChI=1S/C16H20N4O2/c17-10-13-2-4-14(5-3-13)16(21)19-8-9-22-15(11-19)12-20-7-1-6-18-20/h1-7,15H,8-12,17H2. The first-order chi connectivity index (χ1) is 10.8. The molecule has 2 heterocycles. The topological polar surface area (TPSA) is 73.4 Å². The minimum atomic E-state index is -0.0269. The van der Waals surface area contributed by atoms with E-state index in [9.17, 15) is 4.79 Å². The van der Waals surface area contributed by atoms with Crippen LogP contribution in [0.3, 0.4) is 0 Å². The average Bonchev–Trinajstić information content (AvgIpc) is 3.07. The second kappa shape index (κ2) is 6.72. The van der Waals surface area contributed by atoms with E-state index in [2.05, 4.69) is 5.10 Å². The first-order valence-corrected chi connectivity index (χ1v) is 7.43. The van der Waals surface area contributed by atoms with Crippen LogP contribution in [0.5, 0.6) is 0 Å². The predicted octanol–water partition coefficient (Wildman–Crippen LogP) is 0.883. The number of ether oxygens (including phenoxy) is 1. The normalized spacial score (nSPS) is 18.4. The zero-order valence-corrected chi connectivity index (χ0v) is 12.4. The minimum Gasteiger partial charge on any atom is -0.373 e. The maximum Gasteiger partial charge on any atom is 0.254 e. The molecule has 0 aliphatic carbocycles. The maximum absolute atomic E-state index is 12.6. The molecule has 2 N–H and O–H groups in total. The number of hydrogen-bond donors (Lipinski definition) is 1. The molecule has 3 rings (SSSR count). The van der Waals surface area contributed by atoms with Gasteiger partial charge in [-0.25, -0.2) is 0 Å². The number of hydrogen-bond acceptors (Lipinski definition) is 4. The summed E-state index contributed by atoms with van der Waals surface area (Å²) in [7, 11) is 0. The van der Waals surface area contributed by atoms with E-state index < -0.39 is 0 Å². The van der Waals surface area contributed by atoms with Crippen LogP contribution in [0.4, 0.5) is 0 Å².